The highest BCUT2D eigenvalue weighted by atomic mass is 32.2. The van der Waals surface area contributed by atoms with Gasteiger partial charge in [-0.25, -0.2) is 0 Å². The molecule has 0 aromatic heterocycles. The highest BCUT2D eigenvalue weighted by molar-refractivity contribution is 7.87. The molecule has 0 saturated heterocycles. The molecule has 0 heterocycles. The molecule has 114 valence electrons. The Morgan fingerprint density at radius 3 is 2.68 bits per heavy atom. The van der Waals surface area contributed by atoms with Crippen molar-refractivity contribution < 1.29 is 13.2 Å². The van der Waals surface area contributed by atoms with E-state index in [9.17, 15) is 8.42 Å². The first-order chi connectivity index (χ1) is 8.95. The minimum Gasteiger partial charge on any atom is -0.380 e. The molecule has 2 N–H and O–H groups in total. The van der Waals surface area contributed by atoms with Gasteiger partial charge < -0.3 is 10.1 Å². The number of hydrogen-bond donors (Lipinski definition) is 2. The zero-order chi connectivity index (χ0) is 14.3. The second-order valence-corrected chi connectivity index (χ2v) is 6.90. The van der Waals surface area contributed by atoms with E-state index in [2.05, 4.69) is 10.0 Å². The van der Waals surface area contributed by atoms with Gasteiger partial charge in [-0.15, -0.1) is 0 Å². The van der Waals surface area contributed by atoms with Crippen molar-refractivity contribution >= 4 is 10.2 Å². The van der Waals surface area contributed by atoms with Gasteiger partial charge in [0.15, 0.2) is 0 Å². The van der Waals surface area contributed by atoms with Gasteiger partial charge in [0.1, 0.15) is 0 Å². The first kappa shape index (κ1) is 16.8. The van der Waals surface area contributed by atoms with Crippen molar-refractivity contribution in [2.24, 2.45) is 0 Å². The molecule has 1 rings (SSSR count). The smallest absolute Gasteiger partial charge is 0.279 e. The Hall–Kier alpha value is -0.210. The molecule has 0 bridgehead atoms. The fourth-order valence-electron chi connectivity index (χ4n) is 1.69. The van der Waals surface area contributed by atoms with Gasteiger partial charge in [0, 0.05) is 32.3 Å². The van der Waals surface area contributed by atoms with Gasteiger partial charge in [-0.3, -0.25) is 0 Å². The molecule has 1 atom stereocenters. The van der Waals surface area contributed by atoms with Crippen LogP contribution in [-0.4, -0.2) is 58.2 Å². The zero-order valence-corrected chi connectivity index (χ0v) is 13.0. The van der Waals surface area contributed by atoms with Crippen LogP contribution in [0.15, 0.2) is 0 Å². The zero-order valence-electron chi connectivity index (χ0n) is 12.2. The van der Waals surface area contributed by atoms with E-state index >= 15 is 0 Å². The summed E-state index contributed by atoms with van der Waals surface area (Å²) in [6.45, 7) is 6.08. The van der Waals surface area contributed by atoms with Gasteiger partial charge in [0.05, 0.1) is 6.61 Å². The molecule has 1 aliphatic carbocycles. The molecule has 0 amide bonds. The monoisotopic (exact) mass is 293 g/mol. The summed E-state index contributed by atoms with van der Waals surface area (Å²) in [5, 5.41) is 3.37. The summed E-state index contributed by atoms with van der Waals surface area (Å²) < 4.78 is 33.1. The molecule has 1 saturated carbocycles. The summed E-state index contributed by atoms with van der Waals surface area (Å²) in [7, 11) is -1.80. The Morgan fingerprint density at radius 2 is 2.11 bits per heavy atom. The normalized spacial score (nSPS) is 17.9. The van der Waals surface area contributed by atoms with Crippen molar-refractivity contribution in [1.82, 2.24) is 14.3 Å². The average molecular weight is 293 g/mol. The molecular formula is C12H27N3O3S. The van der Waals surface area contributed by atoms with Crippen molar-refractivity contribution in [2.75, 3.05) is 33.4 Å². The second-order valence-electron chi connectivity index (χ2n) is 5.09. The van der Waals surface area contributed by atoms with Crippen LogP contribution in [0.4, 0.5) is 0 Å². The van der Waals surface area contributed by atoms with Gasteiger partial charge in [0.2, 0.25) is 0 Å². The van der Waals surface area contributed by atoms with Gasteiger partial charge in [-0.05, 0) is 39.7 Å². The first-order valence-corrected chi connectivity index (χ1v) is 8.44. The molecule has 1 unspecified atom stereocenters. The maximum Gasteiger partial charge on any atom is 0.279 e. The quantitative estimate of drug-likeness (QED) is 0.538. The number of nitrogens with zero attached hydrogens (tertiary/aromatic N) is 1. The fraction of sp³-hybridized carbons (Fsp3) is 1.00. The van der Waals surface area contributed by atoms with Crippen LogP contribution < -0.4 is 10.0 Å². The third kappa shape index (κ3) is 7.22. The van der Waals surface area contributed by atoms with Crippen molar-refractivity contribution in [2.45, 2.75) is 45.2 Å². The molecule has 7 heteroatoms. The van der Waals surface area contributed by atoms with Crippen LogP contribution in [-0.2, 0) is 14.9 Å². The fourth-order valence-corrected chi connectivity index (χ4v) is 2.81. The topological polar surface area (TPSA) is 70.7 Å². The van der Waals surface area contributed by atoms with Crippen LogP contribution in [0.1, 0.15) is 33.1 Å². The van der Waals surface area contributed by atoms with Crippen LogP contribution in [0.2, 0.25) is 0 Å². The van der Waals surface area contributed by atoms with Crippen LogP contribution in [0.3, 0.4) is 0 Å². The summed E-state index contributed by atoms with van der Waals surface area (Å²) in [5.74, 6) is 0. The van der Waals surface area contributed by atoms with Gasteiger partial charge >= 0.3 is 0 Å². The molecule has 0 radical (unpaired) electrons. The highest BCUT2D eigenvalue weighted by Crippen LogP contribution is 2.18. The number of ether oxygens (including phenoxy) is 1. The third-order valence-corrected chi connectivity index (χ3v) is 4.70. The van der Waals surface area contributed by atoms with E-state index in [1.807, 2.05) is 6.92 Å². The van der Waals surface area contributed by atoms with Crippen molar-refractivity contribution in [3.8, 4) is 0 Å². The van der Waals surface area contributed by atoms with Crippen molar-refractivity contribution in [3.05, 3.63) is 0 Å². The lowest BCUT2D eigenvalue weighted by molar-refractivity contribution is 0.133. The predicted molar refractivity (Wildman–Crippen MR) is 76.3 cm³/mol. The Balaban J connectivity index is 2.20. The molecule has 1 aliphatic rings. The Labute approximate surface area is 117 Å². The largest absolute Gasteiger partial charge is 0.380 e. The maximum atomic E-state index is 12.0. The van der Waals surface area contributed by atoms with E-state index in [0.717, 1.165) is 13.0 Å². The van der Waals surface area contributed by atoms with Crippen molar-refractivity contribution in [3.63, 3.8) is 0 Å². The third-order valence-electron chi connectivity index (χ3n) is 2.99. The minimum atomic E-state index is -3.40. The highest BCUT2D eigenvalue weighted by Gasteiger charge is 2.21. The van der Waals surface area contributed by atoms with E-state index in [0.29, 0.717) is 25.8 Å². The molecule has 6 nitrogen and oxygen atoms in total. The van der Waals surface area contributed by atoms with Crippen LogP contribution >= 0.6 is 0 Å². The maximum absolute atomic E-state index is 12.0. The summed E-state index contributed by atoms with van der Waals surface area (Å²) in [6.07, 6.45) is 3.34. The number of rotatable bonds is 11. The van der Waals surface area contributed by atoms with Gasteiger partial charge in [-0.1, -0.05) is 0 Å². The second kappa shape index (κ2) is 8.16. The van der Waals surface area contributed by atoms with Gasteiger partial charge in [0.25, 0.3) is 10.2 Å². The van der Waals surface area contributed by atoms with Crippen LogP contribution in [0, 0.1) is 0 Å². The summed E-state index contributed by atoms with van der Waals surface area (Å²) >= 11 is 0. The Morgan fingerprint density at radius 1 is 1.42 bits per heavy atom. The molecular weight excluding hydrogens is 266 g/mol. The molecule has 0 aliphatic heterocycles. The minimum absolute atomic E-state index is 0.211. The van der Waals surface area contributed by atoms with Crippen molar-refractivity contribution in [1.29, 1.82) is 0 Å². The van der Waals surface area contributed by atoms with Gasteiger partial charge in [-0.2, -0.15) is 17.4 Å². The predicted octanol–water partition coefficient (Wildman–Crippen LogP) is 0.320. The molecule has 19 heavy (non-hydrogen) atoms. The summed E-state index contributed by atoms with van der Waals surface area (Å²) in [5.41, 5.74) is 0. The number of hydrogen-bond acceptors (Lipinski definition) is 4. The first-order valence-electron chi connectivity index (χ1n) is 7.00. The lowest BCUT2D eigenvalue weighted by Gasteiger charge is -2.21. The standard InChI is InChI=1S/C12H27N3O3S/c1-4-18-10-11(2)14-19(16,17)15(3)9-5-8-13-12-6-7-12/h11-14H,4-10H2,1-3H3. The average Bonchev–Trinajstić information content (AvgIpc) is 3.15. The number of nitrogens with one attached hydrogen (secondary N) is 2. The molecule has 1 fully saturated rings. The summed E-state index contributed by atoms with van der Waals surface area (Å²) in [6, 6.07) is 0.461. The molecule has 0 aromatic carbocycles. The van der Waals surface area contributed by atoms with E-state index in [4.69, 9.17) is 4.74 Å². The summed E-state index contributed by atoms with van der Waals surface area (Å²) in [4.78, 5) is 0. The van der Waals surface area contributed by atoms with E-state index < -0.39 is 10.2 Å². The van der Waals surface area contributed by atoms with E-state index in [1.54, 1.807) is 14.0 Å². The molecule has 0 aromatic rings. The van der Waals surface area contributed by atoms with E-state index in [-0.39, 0.29) is 6.04 Å². The lowest BCUT2D eigenvalue weighted by atomic mass is 10.4. The van der Waals surface area contributed by atoms with Crippen LogP contribution in [0.25, 0.3) is 0 Å². The Kier molecular flexibility index (Phi) is 7.23. The Bertz CT molecular complexity index is 344. The van der Waals surface area contributed by atoms with E-state index in [1.165, 1.54) is 17.1 Å². The lowest BCUT2D eigenvalue weighted by Crippen LogP contribution is -2.44. The molecule has 0 spiro atoms. The van der Waals surface area contributed by atoms with Crippen LogP contribution in [0.5, 0.6) is 0 Å². The SMILES string of the molecule is CCOCC(C)NS(=O)(=O)N(C)CCCNC1CC1.